The number of aromatic nitrogens is 2. The lowest BCUT2D eigenvalue weighted by molar-refractivity contribution is 0.710. The summed E-state index contributed by atoms with van der Waals surface area (Å²) in [6.45, 7) is 0. The summed E-state index contributed by atoms with van der Waals surface area (Å²) in [6.07, 6.45) is 5.34. The Bertz CT molecular complexity index is 631. The van der Waals surface area contributed by atoms with Crippen molar-refractivity contribution < 1.29 is 0 Å². The molecule has 1 saturated carbocycles. The first kappa shape index (κ1) is 15.3. The molecule has 2 nitrogen and oxygen atoms in total. The molecule has 5 heteroatoms. The van der Waals surface area contributed by atoms with Crippen LogP contribution < -0.4 is 0 Å². The summed E-state index contributed by atoms with van der Waals surface area (Å²) in [5.74, 6) is 1.08. The Kier molecular flexibility index (Phi) is 4.82. The van der Waals surface area contributed by atoms with Crippen molar-refractivity contribution in [3.05, 3.63) is 56.0 Å². The van der Waals surface area contributed by atoms with Crippen molar-refractivity contribution in [1.82, 2.24) is 9.97 Å². The van der Waals surface area contributed by atoms with E-state index in [1.807, 2.05) is 24.3 Å². The molecule has 0 radical (unpaired) electrons. The third kappa shape index (κ3) is 3.41. The highest BCUT2D eigenvalue weighted by Crippen LogP contribution is 2.40. The summed E-state index contributed by atoms with van der Waals surface area (Å²) in [5.41, 5.74) is 2.06. The summed E-state index contributed by atoms with van der Waals surface area (Å²) in [6, 6.07) is 8.03. The van der Waals surface area contributed by atoms with Crippen molar-refractivity contribution in [2.24, 2.45) is 0 Å². The number of halogens is 3. The second-order valence-electron chi connectivity index (χ2n) is 5.38. The topological polar surface area (TPSA) is 25.8 Å². The fourth-order valence-corrected chi connectivity index (χ4v) is 4.06. The molecular formula is C16H15BrCl2N2. The molecule has 0 amide bonds. The van der Waals surface area contributed by atoms with Gasteiger partial charge in [0.05, 0.1) is 0 Å². The van der Waals surface area contributed by atoms with Crippen LogP contribution in [0.5, 0.6) is 0 Å². The average Bonchev–Trinajstić information content (AvgIpc) is 2.94. The predicted octanol–water partition coefficient (Wildman–Crippen LogP) is 5.79. The van der Waals surface area contributed by atoms with E-state index in [9.17, 15) is 0 Å². The molecule has 0 saturated heterocycles. The first-order chi connectivity index (χ1) is 10.1. The Hall–Kier alpha value is -0.640. The molecule has 1 aliphatic carbocycles. The van der Waals surface area contributed by atoms with Crippen molar-refractivity contribution in [3.8, 4) is 0 Å². The minimum absolute atomic E-state index is 0.419. The molecule has 110 valence electrons. The monoisotopic (exact) mass is 384 g/mol. The van der Waals surface area contributed by atoms with E-state index in [1.54, 1.807) is 0 Å². The smallest absolute Gasteiger partial charge is 0.137 e. The largest absolute Gasteiger partial charge is 0.220 e. The number of hydrogen-bond donors (Lipinski definition) is 0. The quantitative estimate of drug-likeness (QED) is 0.624. The molecule has 0 unspecified atom stereocenters. The van der Waals surface area contributed by atoms with Gasteiger partial charge >= 0.3 is 0 Å². The maximum atomic E-state index is 6.37. The summed E-state index contributed by atoms with van der Waals surface area (Å²) in [7, 11) is 0. The first-order valence-corrected chi connectivity index (χ1v) is 8.65. The zero-order chi connectivity index (χ0) is 14.8. The average molecular weight is 386 g/mol. The Morgan fingerprint density at radius 1 is 1.05 bits per heavy atom. The second kappa shape index (κ2) is 6.64. The van der Waals surface area contributed by atoms with Crippen LogP contribution in [0.1, 0.15) is 48.6 Å². The summed E-state index contributed by atoms with van der Waals surface area (Å²) in [5, 5.41) is 1.04. The maximum Gasteiger partial charge on any atom is 0.137 e. The van der Waals surface area contributed by atoms with E-state index in [4.69, 9.17) is 23.2 Å². The molecule has 0 spiro atoms. The number of rotatable bonds is 3. The van der Waals surface area contributed by atoms with Gasteiger partial charge in [0.2, 0.25) is 0 Å². The Morgan fingerprint density at radius 3 is 2.29 bits per heavy atom. The zero-order valence-electron chi connectivity index (χ0n) is 11.5. The minimum Gasteiger partial charge on any atom is -0.220 e. The van der Waals surface area contributed by atoms with Gasteiger partial charge in [-0.15, -0.1) is 0 Å². The van der Waals surface area contributed by atoms with E-state index < -0.39 is 0 Å². The van der Waals surface area contributed by atoms with E-state index in [1.165, 1.54) is 12.8 Å². The molecule has 3 rings (SSSR count). The summed E-state index contributed by atoms with van der Waals surface area (Å²) >= 11 is 16.3. The third-order valence-corrected chi connectivity index (χ3v) is 5.32. The molecule has 1 aliphatic rings. The molecule has 0 bridgehead atoms. The van der Waals surface area contributed by atoms with Crippen molar-refractivity contribution >= 4 is 39.1 Å². The Morgan fingerprint density at radius 2 is 1.67 bits per heavy atom. The second-order valence-corrected chi connectivity index (χ2v) is 6.96. The van der Waals surface area contributed by atoms with Crippen molar-refractivity contribution in [3.63, 3.8) is 0 Å². The van der Waals surface area contributed by atoms with Crippen LogP contribution in [-0.2, 0) is 6.42 Å². The van der Waals surface area contributed by atoms with Crippen molar-refractivity contribution in [1.29, 1.82) is 0 Å². The highest BCUT2D eigenvalue weighted by molar-refractivity contribution is 9.10. The molecule has 1 aromatic carbocycles. The van der Waals surface area contributed by atoms with Gasteiger partial charge in [-0.2, -0.15) is 0 Å². The molecule has 1 fully saturated rings. The van der Waals surface area contributed by atoms with Gasteiger partial charge < -0.3 is 0 Å². The lowest BCUT2D eigenvalue weighted by Crippen LogP contribution is -2.04. The summed E-state index contributed by atoms with van der Waals surface area (Å²) < 4.78 is 1.04. The molecule has 0 aliphatic heterocycles. The van der Waals surface area contributed by atoms with Crippen LogP contribution in [0.25, 0.3) is 0 Å². The molecule has 1 aromatic heterocycles. The molecular weight excluding hydrogens is 371 g/mol. The molecule has 0 atom stereocenters. The molecule has 1 heterocycles. The number of nitrogens with zero attached hydrogens (tertiary/aromatic N) is 2. The lowest BCUT2D eigenvalue weighted by Gasteiger charge is -2.14. The van der Waals surface area contributed by atoms with Crippen molar-refractivity contribution in [2.45, 2.75) is 38.0 Å². The molecule has 2 aromatic rings. The van der Waals surface area contributed by atoms with Crippen LogP contribution in [0.2, 0.25) is 10.3 Å². The van der Waals surface area contributed by atoms with Gasteiger partial charge in [0, 0.05) is 16.5 Å². The fraction of sp³-hybridized carbons (Fsp3) is 0.375. The van der Waals surface area contributed by atoms with E-state index in [-0.39, 0.29) is 0 Å². The van der Waals surface area contributed by atoms with Gasteiger partial charge in [-0.05, 0) is 30.4 Å². The van der Waals surface area contributed by atoms with E-state index in [2.05, 4.69) is 25.9 Å². The lowest BCUT2D eigenvalue weighted by atomic mass is 10.0. The number of hydrogen-bond acceptors (Lipinski definition) is 2. The van der Waals surface area contributed by atoms with Crippen LogP contribution in [0.15, 0.2) is 28.7 Å². The highest BCUT2D eigenvalue weighted by Gasteiger charge is 2.24. The van der Waals surface area contributed by atoms with Crippen LogP contribution in [-0.4, -0.2) is 9.97 Å². The zero-order valence-corrected chi connectivity index (χ0v) is 14.5. The van der Waals surface area contributed by atoms with E-state index >= 15 is 0 Å². The van der Waals surface area contributed by atoms with Gasteiger partial charge in [-0.1, -0.05) is 70.2 Å². The summed E-state index contributed by atoms with van der Waals surface area (Å²) in [4.78, 5) is 8.93. The first-order valence-electron chi connectivity index (χ1n) is 7.10. The van der Waals surface area contributed by atoms with E-state index in [0.29, 0.717) is 28.5 Å². The van der Waals surface area contributed by atoms with Crippen molar-refractivity contribution in [2.75, 3.05) is 0 Å². The standard InChI is InChI=1S/C16H15BrCl2N2/c17-12-8-4-3-7-11(12)9-13-20-15(18)14(16(19)21-13)10-5-1-2-6-10/h3-4,7-8,10H,1-2,5-6,9H2. The maximum absolute atomic E-state index is 6.37. The molecule has 0 N–H and O–H groups in total. The Labute approximate surface area is 143 Å². The Balaban J connectivity index is 1.89. The van der Waals surface area contributed by atoms with Gasteiger partial charge in [0.1, 0.15) is 16.1 Å². The SMILES string of the molecule is Clc1nc(Cc2ccccc2Br)nc(Cl)c1C1CCCC1. The van der Waals surface area contributed by atoms with E-state index in [0.717, 1.165) is 28.4 Å². The van der Waals surface area contributed by atoms with Crippen LogP contribution in [0.3, 0.4) is 0 Å². The normalized spacial score (nSPS) is 15.6. The molecule has 21 heavy (non-hydrogen) atoms. The highest BCUT2D eigenvalue weighted by atomic mass is 79.9. The van der Waals surface area contributed by atoms with Crippen LogP contribution in [0.4, 0.5) is 0 Å². The minimum atomic E-state index is 0.419. The predicted molar refractivity (Wildman–Crippen MR) is 90.2 cm³/mol. The van der Waals surface area contributed by atoms with Gasteiger partial charge in [0.15, 0.2) is 0 Å². The third-order valence-electron chi connectivity index (χ3n) is 3.97. The number of benzene rings is 1. The van der Waals surface area contributed by atoms with Gasteiger partial charge in [0.25, 0.3) is 0 Å². The van der Waals surface area contributed by atoms with Crippen LogP contribution in [0, 0.1) is 0 Å². The van der Waals surface area contributed by atoms with Crippen LogP contribution >= 0.6 is 39.1 Å². The van der Waals surface area contributed by atoms with Gasteiger partial charge in [-0.3, -0.25) is 0 Å². The fourth-order valence-electron chi connectivity index (χ4n) is 2.90. The van der Waals surface area contributed by atoms with Gasteiger partial charge in [-0.25, -0.2) is 9.97 Å².